The molecule has 0 amide bonds. The van der Waals surface area contributed by atoms with Crippen molar-refractivity contribution in [3.8, 4) is 0 Å². The van der Waals surface area contributed by atoms with Gasteiger partial charge >= 0.3 is 0 Å². The van der Waals surface area contributed by atoms with Gasteiger partial charge in [0.15, 0.2) is 0 Å². The Morgan fingerprint density at radius 1 is 1.19 bits per heavy atom. The molecule has 0 aromatic heterocycles. The normalized spacial score (nSPS) is 18.1. The fourth-order valence-corrected chi connectivity index (χ4v) is 2.27. The molecule has 0 saturated carbocycles. The first-order valence-electron chi connectivity index (χ1n) is 5.84. The van der Waals surface area contributed by atoms with Gasteiger partial charge in [0.25, 0.3) is 0 Å². The van der Waals surface area contributed by atoms with Gasteiger partial charge in [0.05, 0.1) is 0 Å². The molecular formula is C13H22N2S. The monoisotopic (exact) mass is 238 g/mol. The third kappa shape index (κ3) is 3.51. The van der Waals surface area contributed by atoms with Gasteiger partial charge in [-0.2, -0.15) is 13.5 Å². The number of hydrogen-bond donors (Lipinski definition) is 1. The van der Waals surface area contributed by atoms with Gasteiger partial charge in [-0.1, -0.05) is 30.3 Å². The van der Waals surface area contributed by atoms with E-state index in [2.05, 4.69) is 40.5 Å². The van der Waals surface area contributed by atoms with Crippen LogP contribution in [0.4, 0.5) is 0 Å². The van der Waals surface area contributed by atoms with E-state index >= 15 is 0 Å². The van der Waals surface area contributed by atoms with Gasteiger partial charge in [-0.3, -0.25) is 0 Å². The Kier molecular flexibility index (Phi) is 5.88. The zero-order valence-corrected chi connectivity index (χ0v) is 10.9. The molecule has 1 aliphatic heterocycles. The van der Waals surface area contributed by atoms with Crippen molar-refractivity contribution >= 4 is 13.5 Å². The maximum absolute atomic E-state index is 3.40. The quantitative estimate of drug-likeness (QED) is 0.865. The highest BCUT2D eigenvalue weighted by Crippen LogP contribution is 2.16. The topological polar surface area (TPSA) is 15.3 Å². The maximum Gasteiger partial charge on any atom is 0.0446 e. The first kappa shape index (κ1) is 13.6. The smallest absolute Gasteiger partial charge is 0.0446 e. The lowest BCUT2D eigenvalue weighted by Crippen LogP contribution is -2.31. The Balaban J connectivity index is 0.00000128. The van der Waals surface area contributed by atoms with Crippen molar-refractivity contribution in [2.24, 2.45) is 0 Å². The van der Waals surface area contributed by atoms with Crippen LogP contribution in [0.1, 0.15) is 24.4 Å². The lowest BCUT2D eigenvalue weighted by Gasteiger charge is -2.23. The summed E-state index contributed by atoms with van der Waals surface area (Å²) in [4.78, 5) is 2.55. The third-order valence-corrected chi connectivity index (χ3v) is 3.19. The average Bonchev–Trinajstić information content (AvgIpc) is 2.80. The second-order valence-electron chi connectivity index (χ2n) is 4.26. The van der Waals surface area contributed by atoms with Crippen LogP contribution in [0, 0.1) is 0 Å². The summed E-state index contributed by atoms with van der Waals surface area (Å²) in [5, 5.41) is 3.40. The van der Waals surface area contributed by atoms with E-state index in [1.807, 2.05) is 7.05 Å². The molecule has 1 atom stereocenters. The summed E-state index contributed by atoms with van der Waals surface area (Å²) >= 11 is 0. The first-order valence-corrected chi connectivity index (χ1v) is 5.84. The van der Waals surface area contributed by atoms with Gasteiger partial charge < -0.3 is 10.2 Å². The van der Waals surface area contributed by atoms with Crippen molar-refractivity contribution < 1.29 is 0 Å². The summed E-state index contributed by atoms with van der Waals surface area (Å²) in [5.74, 6) is 0. The van der Waals surface area contributed by atoms with Crippen molar-refractivity contribution in [2.45, 2.75) is 18.9 Å². The molecule has 2 rings (SSSR count). The van der Waals surface area contributed by atoms with E-state index in [1.54, 1.807) is 0 Å². The Hall–Kier alpha value is -0.510. The summed E-state index contributed by atoms with van der Waals surface area (Å²) in [5.41, 5.74) is 1.40. The van der Waals surface area contributed by atoms with Crippen LogP contribution in [0.25, 0.3) is 0 Å². The van der Waals surface area contributed by atoms with E-state index in [1.165, 1.54) is 31.5 Å². The molecule has 1 heterocycles. The molecule has 1 aromatic carbocycles. The zero-order chi connectivity index (χ0) is 10.5. The fraction of sp³-hybridized carbons (Fsp3) is 0.538. The van der Waals surface area contributed by atoms with E-state index in [-0.39, 0.29) is 13.5 Å². The van der Waals surface area contributed by atoms with Gasteiger partial charge in [0.1, 0.15) is 0 Å². The lowest BCUT2D eigenvalue weighted by molar-refractivity contribution is 0.299. The van der Waals surface area contributed by atoms with Gasteiger partial charge in [0.2, 0.25) is 0 Å². The highest BCUT2D eigenvalue weighted by Gasteiger charge is 2.17. The van der Waals surface area contributed by atoms with E-state index in [4.69, 9.17) is 0 Å². The molecule has 1 saturated heterocycles. The van der Waals surface area contributed by atoms with Crippen LogP contribution in [0.5, 0.6) is 0 Å². The minimum absolute atomic E-state index is 0. The minimum atomic E-state index is 0. The van der Waals surface area contributed by atoms with Crippen LogP contribution in [0.2, 0.25) is 0 Å². The minimum Gasteiger partial charge on any atom is -0.312 e. The number of benzene rings is 1. The number of likely N-dealkylation sites (N-methyl/N-ethyl adjacent to an activating group) is 1. The van der Waals surface area contributed by atoms with Crippen molar-refractivity contribution in [3.63, 3.8) is 0 Å². The van der Waals surface area contributed by atoms with Crippen molar-refractivity contribution in [3.05, 3.63) is 35.9 Å². The van der Waals surface area contributed by atoms with E-state index in [0.29, 0.717) is 6.04 Å². The molecule has 0 spiro atoms. The first-order chi connectivity index (χ1) is 7.40. The van der Waals surface area contributed by atoms with Crippen LogP contribution in [0.3, 0.4) is 0 Å². The number of likely N-dealkylation sites (tertiary alicyclic amines) is 1. The van der Waals surface area contributed by atoms with Crippen LogP contribution in [0.15, 0.2) is 30.3 Å². The summed E-state index contributed by atoms with van der Waals surface area (Å²) in [6.45, 7) is 3.68. The highest BCUT2D eigenvalue weighted by molar-refractivity contribution is 7.59. The number of nitrogens with one attached hydrogen (secondary N) is 1. The Labute approximate surface area is 105 Å². The van der Waals surface area contributed by atoms with E-state index < -0.39 is 0 Å². The summed E-state index contributed by atoms with van der Waals surface area (Å²) in [6.07, 6.45) is 2.73. The molecule has 0 bridgehead atoms. The molecule has 0 unspecified atom stereocenters. The molecule has 2 nitrogen and oxygen atoms in total. The molecular weight excluding hydrogens is 216 g/mol. The van der Waals surface area contributed by atoms with E-state index in [0.717, 1.165) is 6.54 Å². The number of nitrogens with zero attached hydrogens (tertiary/aromatic N) is 1. The molecule has 0 aliphatic carbocycles. The van der Waals surface area contributed by atoms with Gasteiger partial charge in [-0.05, 0) is 38.5 Å². The second-order valence-corrected chi connectivity index (χ2v) is 4.26. The average molecular weight is 238 g/mol. The molecule has 16 heavy (non-hydrogen) atoms. The third-order valence-electron chi connectivity index (χ3n) is 3.19. The lowest BCUT2D eigenvalue weighted by atomic mass is 10.1. The van der Waals surface area contributed by atoms with Gasteiger partial charge in [-0.15, -0.1) is 0 Å². The molecule has 1 fully saturated rings. The van der Waals surface area contributed by atoms with Crippen LogP contribution < -0.4 is 5.32 Å². The molecule has 0 radical (unpaired) electrons. The maximum atomic E-state index is 3.40. The summed E-state index contributed by atoms with van der Waals surface area (Å²) < 4.78 is 0. The van der Waals surface area contributed by atoms with Crippen molar-refractivity contribution in [1.29, 1.82) is 0 Å². The predicted molar refractivity (Wildman–Crippen MR) is 74.3 cm³/mol. The largest absolute Gasteiger partial charge is 0.312 e. The molecule has 3 heteroatoms. The predicted octanol–water partition coefficient (Wildman–Crippen LogP) is 2.16. The van der Waals surface area contributed by atoms with Crippen LogP contribution >= 0.6 is 13.5 Å². The Morgan fingerprint density at radius 3 is 2.38 bits per heavy atom. The van der Waals surface area contributed by atoms with Crippen molar-refractivity contribution in [1.82, 2.24) is 10.2 Å². The zero-order valence-electron chi connectivity index (χ0n) is 9.95. The van der Waals surface area contributed by atoms with Gasteiger partial charge in [0, 0.05) is 12.6 Å². The van der Waals surface area contributed by atoms with Crippen molar-refractivity contribution in [2.75, 3.05) is 26.7 Å². The highest BCUT2D eigenvalue weighted by atomic mass is 32.1. The Morgan fingerprint density at radius 2 is 1.81 bits per heavy atom. The fourth-order valence-electron chi connectivity index (χ4n) is 2.27. The molecule has 1 N–H and O–H groups in total. The summed E-state index contributed by atoms with van der Waals surface area (Å²) in [6, 6.07) is 11.2. The Bertz CT molecular complexity index is 283. The summed E-state index contributed by atoms with van der Waals surface area (Å²) in [7, 11) is 2.05. The van der Waals surface area contributed by atoms with E-state index in [9.17, 15) is 0 Å². The standard InChI is InChI=1S/C13H20N2.H2S/c1-14-13(11-15-9-5-6-10-15)12-7-3-2-4-8-12;/h2-4,7-8,13-14H,5-6,9-11H2,1H3;1H2/t13-;/m1./s1. The second kappa shape index (κ2) is 6.94. The molecule has 1 aliphatic rings. The number of hydrogen-bond acceptors (Lipinski definition) is 2. The number of rotatable bonds is 4. The van der Waals surface area contributed by atoms with Crippen LogP contribution in [-0.2, 0) is 0 Å². The SMILES string of the molecule is CN[C@H](CN1CCCC1)c1ccccc1.S. The molecule has 90 valence electrons. The molecule has 1 aromatic rings. The van der Waals surface area contributed by atoms with Crippen LogP contribution in [-0.4, -0.2) is 31.6 Å². The van der Waals surface area contributed by atoms with Gasteiger partial charge in [-0.25, -0.2) is 0 Å².